The lowest BCUT2D eigenvalue weighted by atomic mass is 9.70. The Bertz CT molecular complexity index is 2520. The summed E-state index contributed by atoms with van der Waals surface area (Å²) in [7, 11) is 0. The van der Waals surface area contributed by atoms with Crippen LogP contribution in [0.4, 0.5) is 0 Å². The van der Waals surface area contributed by atoms with Crippen molar-refractivity contribution in [2.24, 2.45) is 0 Å². The predicted molar refractivity (Wildman–Crippen MR) is 222 cm³/mol. The fourth-order valence-electron chi connectivity index (χ4n) is 10.3. The van der Waals surface area contributed by atoms with Crippen LogP contribution in [0.3, 0.4) is 0 Å². The average molecular weight is 683 g/mol. The van der Waals surface area contributed by atoms with E-state index in [1.807, 2.05) is 0 Å². The Morgan fingerprint density at radius 3 is 1.47 bits per heavy atom. The van der Waals surface area contributed by atoms with E-state index in [-0.39, 0.29) is 22.2 Å². The second-order valence-corrected chi connectivity index (χ2v) is 17.2. The van der Waals surface area contributed by atoms with E-state index in [2.05, 4.69) is 192 Å². The van der Waals surface area contributed by atoms with Gasteiger partial charge in [0.1, 0.15) is 0 Å². The zero-order valence-corrected chi connectivity index (χ0v) is 31.5. The third-order valence-corrected chi connectivity index (χ3v) is 13.0. The molecule has 258 valence electrons. The van der Waals surface area contributed by atoms with Crippen LogP contribution in [0.15, 0.2) is 158 Å². The van der Waals surface area contributed by atoms with Crippen LogP contribution in [-0.4, -0.2) is 0 Å². The maximum Gasteiger partial charge on any atom is 0.0725 e. The molecule has 1 spiro atoms. The molecular weight excluding hydrogens is 637 g/mol. The van der Waals surface area contributed by atoms with Crippen LogP contribution in [0.1, 0.15) is 103 Å². The first-order valence-corrected chi connectivity index (χ1v) is 19.4. The Kier molecular flexibility index (Phi) is 7.00. The van der Waals surface area contributed by atoms with Crippen molar-refractivity contribution in [2.75, 3.05) is 0 Å². The van der Waals surface area contributed by atoms with Gasteiger partial charge in [0.25, 0.3) is 0 Å². The minimum Gasteiger partial charge on any atom is -0.0619 e. The fraction of sp³-hybridized carbons (Fsp3) is 0.208. The molecule has 0 aliphatic heterocycles. The van der Waals surface area contributed by atoms with E-state index in [1.54, 1.807) is 0 Å². The van der Waals surface area contributed by atoms with Gasteiger partial charge in [0, 0.05) is 11.3 Å². The predicted octanol–water partition coefficient (Wildman–Crippen LogP) is 13.4. The first kappa shape index (κ1) is 32.2. The molecule has 0 saturated heterocycles. The second-order valence-electron chi connectivity index (χ2n) is 17.2. The van der Waals surface area contributed by atoms with Gasteiger partial charge in [0.05, 0.1) is 5.41 Å². The third kappa shape index (κ3) is 4.61. The Balaban J connectivity index is 1.13. The normalized spacial score (nSPS) is 15.6. The lowest BCUT2D eigenvalue weighted by Crippen LogP contribution is -2.25. The molecule has 0 N–H and O–H groups in total. The van der Waals surface area contributed by atoms with E-state index in [4.69, 9.17) is 0 Å². The standard InChI is InChI=1S/C53H46/c1-51(2,3)37-27-22-34(23-28-37)24-29-38(36-25-30-43-39-14-6-10-18-45(39)52(4,5)50(43)33-36)35-26-31-49-44(32-35)42-17-9-13-21-48(42)53(49)46-19-11-7-15-40(46)41-16-8-12-20-47(41)53/h6-23,25-28,30-33,38H,24,29H2,1-5H3. The molecule has 0 heterocycles. The van der Waals surface area contributed by atoms with E-state index in [0.29, 0.717) is 0 Å². The van der Waals surface area contributed by atoms with Crippen molar-refractivity contribution in [2.45, 2.75) is 69.6 Å². The van der Waals surface area contributed by atoms with Crippen molar-refractivity contribution >= 4 is 0 Å². The maximum absolute atomic E-state index is 2.56. The van der Waals surface area contributed by atoms with Gasteiger partial charge in [-0.15, -0.1) is 0 Å². The van der Waals surface area contributed by atoms with Gasteiger partial charge in [-0.25, -0.2) is 0 Å². The molecule has 0 bridgehead atoms. The van der Waals surface area contributed by atoms with Crippen LogP contribution < -0.4 is 0 Å². The van der Waals surface area contributed by atoms with Gasteiger partial charge in [0.15, 0.2) is 0 Å². The van der Waals surface area contributed by atoms with Gasteiger partial charge < -0.3 is 0 Å². The van der Waals surface area contributed by atoms with Gasteiger partial charge in [-0.3, -0.25) is 0 Å². The summed E-state index contributed by atoms with van der Waals surface area (Å²) in [5.41, 5.74) is 22.1. The molecule has 3 aliphatic rings. The Labute approximate surface area is 315 Å². The van der Waals surface area contributed by atoms with Crippen molar-refractivity contribution in [3.63, 3.8) is 0 Å². The highest BCUT2D eigenvalue weighted by molar-refractivity contribution is 5.95. The average Bonchev–Trinajstić information content (AvgIpc) is 3.73. The summed E-state index contributed by atoms with van der Waals surface area (Å²) >= 11 is 0. The van der Waals surface area contributed by atoms with Crippen molar-refractivity contribution in [1.82, 2.24) is 0 Å². The molecule has 3 aliphatic carbocycles. The highest BCUT2D eigenvalue weighted by Gasteiger charge is 2.51. The van der Waals surface area contributed by atoms with Crippen molar-refractivity contribution in [3.05, 3.63) is 213 Å². The van der Waals surface area contributed by atoms with E-state index in [0.717, 1.165) is 12.8 Å². The quantitative estimate of drug-likeness (QED) is 0.169. The molecule has 0 radical (unpaired) electrons. The first-order chi connectivity index (χ1) is 25.7. The number of benzene rings is 7. The third-order valence-electron chi connectivity index (χ3n) is 13.0. The summed E-state index contributed by atoms with van der Waals surface area (Å²) in [5.74, 6) is 0.249. The van der Waals surface area contributed by atoms with Crippen molar-refractivity contribution in [1.29, 1.82) is 0 Å². The largest absolute Gasteiger partial charge is 0.0725 e. The SMILES string of the molecule is CC(C)(C)c1ccc(CCC(c2ccc3c(c2)-c2ccccc2C32c3ccccc3-c3ccccc32)c2ccc3c(c2)C(C)(C)c2ccccc2-3)cc1. The monoisotopic (exact) mass is 682 g/mol. The molecule has 0 aromatic heterocycles. The summed E-state index contributed by atoms with van der Waals surface area (Å²) in [6.07, 6.45) is 2.06. The number of hydrogen-bond acceptors (Lipinski definition) is 0. The van der Waals surface area contributed by atoms with Gasteiger partial charge in [-0.1, -0.05) is 192 Å². The van der Waals surface area contributed by atoms with E-state index in [1.165, 1.54) is 89.0 Å². The molecule has 0 amide bonds. The minimum absolute atomic E-state index is 0.0399. The zero-order valence-electron chi connectivity index (χ0n) is 31.5. The highest BCUT2D eigenvalue weighted by Crippen LogP contribution is 2.63. The molecule has 0 nitrogen and oxygen atoms in total. The van der Waals surface area contributed by atoms with Gasteiger partial charge >= 0.3 is 0 Å². The van der Waals surface area contributed by atoms with E-state index in [9.17, 15) is 0 Å². The summed E-state index contributed by atoms with van der Waals surface area (Å²) < 4.78 is 0. The number of fused-ring (bicyclic) bond motifs is 13. The van der Waals surface area contributed by atoms with Crippen LogP contribution in [0.2, 0.25) is 0 Å². The molecule has 0 heteroatoms. The van der Waals surface area contributed by atoms with E-state index < -0.39 is 0 Å². The highest BCUT2D eigenvalue weighted by atomic mass is 14.5. The van der Waals surface area contributed by atoms with Crippen LogP contribution in [0.25, 0.3) is 33.4 Å². The molecule has 0 fully saturated rings. The maximum atomic E-state index is 2.56. The Morgan fingerprint density at radius 1 is 0.434 bits per heavy atom. The van der Waals surface area contributed by atoms with Crippen LogP contribution in [0, 0.1) is 0 Å². The second kappa shape index (κ2) is 11.5. The number of rotatable bonds is 5. The summed E-state index contributed by atoms with van der Waals surface area (Å²) in [4.78, 5) is 0. The van der Waals surface area contributed by atoms with Gasteiger partial charge in [-0.05, 0) is 107 Å². The molecule has 1 atom stereocenters. The molecule has 0 saturated carbocycles. The topological polar surface area (TPSA) is 0 Å². The first-order valence-electron chi connectivity index (χ1n) is 19.4. The summed E-state index contributed by atoms with van der Waals surface area (Å²) in [6.45, 7) is 11.7. The number of aryl methyl sites for hydroxylation is 1. The van der Waals surface area contributed by atoms with Crippen molar-refractivity contribution in [3.8, 4) is 33.4 Å². The lowest BCUT2D eigenvalue weighted by Gasteiger charge is -2.30. The van der Waals surface area contributed by atoms with Crippen LogP contribution >= 0.6 is 0 Å². The van der Waals surface area contributed by atoms with Crippen LogP contribution in [-0.2, 0) is 22.7 Å². The smallest absolute Gasteiger partial charge is 0.0619 e. The Hall–Kier alpha value is -5.46. The summed E-state index contributed by atoms with van der Waals surface area (Å²) in [6, 6.07) is 60.7. The van der Waals surface area contributed by atoms with E-state index >= 15 is 0 Å². The molecule has 10 rings (SSSR count). The molecule has 53 heavy (non-hydrogen) atoms. The van der Waals surface area contributed by atoms with Crippen LogP contribution in [0.5, 0.6) is 0 Å². The Morgan fingerprint density at radius 2 is 0.887 bits per heavy atom. The zero-order chi connectivity index (χ0) is 36.1. The minimum atomic E-state index is -0.314. The summed E-state index contributed by atoms with van der Waals surface area (Å²) in [5, 5.41) is 0. The van der Waals surface area contributed by atoms with Gasteiger partial charge in [-0.2, -0.15) is 0 Å². The molecule has 7 aromatic carbocycles. The fourth-order valence-corrected chi connectivity index (χ4v) is 10.3. The molecular formula is C53H46. The van der Waals surface area contributed by atoms with Crippen molar-refractivity contribution < 1.29 is 0 Å². The van der Waals surface area contributed by atoms with Gasteiger partial charge in [0.2, 0.25) is 0 Å². The molecule has 1 unspecified atom stereocenters. The number of hydrogen-bond donors (Lipinski definition) is 0. The lowest BCUT2D eigenvalue weighted by molar-refractivity contribution is 0.589. The molecule has 7 aromatic rings.